The predicted molar refractivity (Wildman–Crippen MR) is 73.4 cm³/mol. The van der Waals surface area contributed by atoms with Crippen LogP contribution in [0.15, 0.2) is 30.3 Å². The second-order valence-corrected chi connectivity index (χ2v) is 5.23. The first kappa shape index (κ1) is 13.5. The number of benzene rings is 1. The van der Waals surface area contributed by atoms with E-state index in [4.69, 9.17) is 5.26 Å². The Morgan fingerprint density at radius 2 is 1.76 bits per heavy atom. The standard InChI is InChI=1S/C16H21N/c1-12(2)9-14-5-7-15(8-6-14)16(11-17)10-13(3)4/h5-8,10,12-13H,9H2,1-4H3/b16-10+. The first-order valence-electron chi connectivity index (χ1n) is 6.24. The van der Waals surface area contributed by atoms with Gasteiger partial charge in [0.05, 0.1) is 11.6 Å². The number of rotatable bonds is 4. The maximum absolute atomic E-state index is 9.12. The molecule has 0 saturated heterocycles. The number of allylic oxidation sites excluding steroid dienone is 2. The van der Waals surface area contributed by atoms with Gasteiger partial charge in [0, 0.05) is 0 Å². The van der Waals surface area contributed by atoms with Crippen molar-refractivity contribution in [2.45, 2.75) is 34.1 Å². The summed E-state index contributed by atoms with van der Waals surface area (Å²) < 4.78 is 0. The maximum atomic E-state index is 9.12. The van der Waals surface area contributed by atoms with Crippen LogP contribution < -0.4 is 0 Å². The van der Waals surface area contributed by atoms with E-state index in [0.29, 0.717) is 11.8 Å². The van der Waals surface area contributed by atoms with Gasteiger partial charge >= 0.3 is 0 Å². The third kappa shape index (κ3) is 4.44. The van der Waals surface area contributed by atoms with Crippen molar-refractivity contribution in [1.29, 1.82) is 5.26 Å². The molecule has 0 spiro atoms. The lowest BCUT2D eigenvalue weighted by Crippen LogP contribution is -1.94. The van der Waals surface area contributed by atoms with Crippen LogP contribution in [0.5, 0.6) is 0 Å². The van der Waals surface area contributed by atoms with Gasteiger partial charge in [-0.05, 0) is 29.4 Å². The lowest BCUT2D eigenvalue weighted by molar-refractivity contribution is 0.647. The van der Waals surface area contributed by atoms with Gasteiger partial charge in [0.25, 0.3) is 0 Å². The fourth-order valence-corrected chi connectivity index (χ4v) is 1.82. The zero-order valence-corrected chi connectivity index (χ0v) is 11.2. The minimum absolute atomic E-state index is 0.403. The monoisotopic (exact) mass is 227 g/mol. The van der Waals surface area contributed by atoms with E-state index in [0.717, 1.165) is 17.6 Å². The molecule has 0 bridgehead atoms. The predicted octanol–water partition coefficient (Wildman–Crippen LogP) is 4.45. The topological polar surface area (TPSA) is 23.8 Å². The van der Waals surface area contributed by atoms with Gasteiger partial charge in [-0.3, -0.25) is 0 Å². The van der Waals surface area contributed by atoms with Crippen LogP contribution in [0.4, 0.5) is 0 Å². The largest absolute Gasteiger partial charge is 0.192 e. The Balaban J connectivity index is 2.90. The SMILES string of the molecule is CC(C)/C=C(\C#N)c1ccc(CC(C)C)cc1. The van der Waals surface area contributed by atoms with Crippen molar-refractivity contribution in [3.8, 4) is 6.07 Å². The number of hydrogen-bond donors (Lipinski definition) is 0. The average molecular weight is 227 g/mol. The molecule has 0 aromatic heterocycles. The minimum Gasteiger partial charge on any atom is -0.192 e. The number of hydrogen-bond acceptors (Lipinski definition) is 1. The maximum Gasteiger partial charge on any atom is 0.0994 e. The fraction of sp³-hybridized carbons (Fsp3) is 0.438. The second kappa shape index (κ2) is 6.25. The second-order valence-electron chi connectivity index (χ2n) is 5.23. The first-order valence-corrected chi connectivity index (χ1v) is 6.24. The molecule has 0 heterocycles. The third-order valence-electron chi connectivity index (χ3n) is 2.53. The molecule has 0 aliphatic rings. The van der Waals surface area contributed by atoms with Crippen molar-refractivity contribution in [3.63, 3.8) is 0 Å². The summed E-state index contributed by atoms with van der Waals surface area (Å²) >= 11 is 0. The molecule has 0 aliphatic carbocycles. The normalized spacial score (nSPS) is 11.9. The summed E-state index contributed by atoms with van der Waals surface area (Å²) in [4.78, 5) is 0. The van der Waals surface area contributed by atoms with E-state index in [1.54, 1.807) is 0 Å². The van der Waals surface area contributed by atoms with Crippen molar-refractivity contribution >= 4 is 5.57 Å². The molecule has 1 rings (SSSR count). The summed E-state index contributed by atoms with van der Waals surface area (Å²) in [5, 5.41) is 9.12. The van der Waals surface area contributed by atoms with E-state index in [1.807, 2.05) is 6.08 Å². The van der Waals surface area contributed by atoms with E-state index in [2.05, 4.69) is 58.0 Å². The van der Waals surface area contributed by atoms with Crippen LogP contribution in [-0.4, -0.2) is 0 Å². The molecule has 1 aromatic carbocycles. The average Bonchev–Trinajstić information content (AvgIpc) is 2.26. The number of nitriles is 1. The van der Waals surface area contributed by atoms with Crippen molar-refractivity contribution in [3.05, 3.63) is 41.5 Å². The summed E-state index contributed by atoms with van der Waals surface area (Å²) in [5.74, 6) is 1.07. The van der Waals surface area contributed by atoms with E-state index in [9.17, 15) is 0 Å². The summed E-state index contributed by atoms with van der Waals surface area (Å²) in [6.07, 6.45) is 3.10. The molecule has 1 aromatic rings. The van der Waals surface area contributed by atoms with Crippen LogP contribution in [0.2, 0.25) is 0 Å². The van der Waals surface area contributed by atoms with Gasteiger partial charge < -0.3 is 0 Å². The molecule has 1 nitrogen and oxygen atoms in total. The molecule has 0 saturated carbocycles. The zero-order chi connectivity index (χ0) is 12.8. The van der Waals surface area contributed by atoms with Gasteiger partial charge in [-0.25, -0.2) is 0 Å². The minimum atomic E-state index is 0.403. The first-order chi connectivity index (χ1) is 8.02. The lowest BCUT2D eigenvalue weighted by atomic mass is 9.98. The summed E-state index contributed by atoms with van der Waals surface area (Å²) in [7, 11) is 0. The third-order valence-corrected chi connectivity index (χ3v) is 2.53. The molecule has 17 heavy (non-hydrogen) atoms. The Kier molecular flexibility index (Phi) is 4.97. The van der Waals surface area contributed by atoms with Crippen LogP contribution in [0, 0.1) is 23.2 Å². The summed E-state index contributed by atoms with van der Waals surface area (Å²) in [6.45, 7) is 8.61. The molecule has 0 aliphatic heterocycles. The van der Waals surface area contributed by atoms with Gasteiger partial charge in [-0.2, -0.15) is 5.26 Å². The quantitative estimate of drug-likeness (QED) is 0.697. The molecule has 0 atom stereocenters. The Morgan fingerprint density at radius 3 is 2.18 bits per heavy atom. The Morgan fingerprint density at radius 1 is 1.18 bits per heavy atom. The van der Waals surface area contributed by atoms with Gasteiger partial charge in [-0.15, -0.1) is 0 Å². The van der Waals surface area contributed by atoms with Gasteiger partial charge in [0.1, 0.15) is 0 Å². The molecule has 0 fully saturated rings. The highest BCUT2D eigenvalue weighted by atomic mass is 14.2. The zero-order valence-electron chi connectivity index (χ0n) is 11.2. The molecule has 1 heteroatoms. The van der Waals surface area contributed by atoms with Crippen LogP contribution >= 0.6 is 0 Å². The molecular weight excluding hydrogens is 206 g/mol. The Hall–Kier alpha value is -1.55. The van der Waals surface area contributed by atoms with E-state index < -0.39 is 0 Å². The van der Waals surface area contributed by atoms with Gasteiger partial charge in [-0.1, -0.05) is 58.0 Å². The summed E-state index contributed by atoms with van der Waals surface area (Å²) in [5.41, 5.74) is 3.13. The van der Waals surface area contributed by atoms with Crippen LogP contribution in [0.3, 0.4) is 0 Å². The molecule has 0 amide bonds. The van der Waals surface area contributed by atoms with E-state index >= 15 is 0 Å². The molecule has 0 N–H and O–H groups in total. The van der Waals surface area contributed by atoms with Crippen molar-refractivity contribution in [2.24, 2.45) is 11.8 Å². The van der Waals surface area contributed by atoms with Crippen LogP contribution in [0.25, 0.3) is 5.57 Å². The molecule has 90 valence electrons. The molecule has 0 radical (unpaired) electrons. The number of nitrogens with zero attached hydrogens (tertiary/aromatic N) is 1. The van der Waals surface area contributed by atoms with Crippen molar-refractivity contribution < 1.29 is 0 Å². The van der Waals surface area contributed by atoms with Crippen LogP contribution in [0.1, 0.15) is 38.8 Å². The smallest absolute Gasteiger partial charge is 0.0994 e. The molecular formula is C16H21N. The highest BCUT2D eigenvalue weighted by Gasteiger charge is 2.03. The fourth-order valence-electron chi connectivity index (χ4n) is 1.82. The lowest BCUT2D eigenvalue weighted by Gasteiger charge is -2.06. The Labute approximate surface area is 105 Å². The van der Waals surface area contributed by atoms with Crippen LogP contribution in [-0.2, 0) is 6.42 Å². The van der Waals surface area contributed by atoms with Crippen molar-refractivity contribution in [2.75, 3.05) is 0 Å². The molecule has 0 unspecified atom stereocenters. The Bertz CT molecular complexity index is 416. The van der Waals surface area contributed by atoms with E-state index in [1.165, 1.54) is 5.56 Å². The van der Waals surface area contributed by atoms with E-state index in [-0.39, 0.29) is 0 Å². The van der Waals surface area contributed by atoms with Gasteiger partial charge in [0.2, 0.25) is 0 Å². The van der Waals surface area contributed by atoms with Crippen molar-refractivity contribution in [1.82, 2.24) is 0 Å². The summed E-state index contributed by atoms with van der Waals surface area (Å²) in [6, 6.07) is 10.6. The highest BCUT2D eigenvalue weighted by molar-refractivity contribution is 5.76. The van der Waals surface area contributed by atoms with Gasteiger partial charge in [0.15, 0.2) is 0 Å². The highest BCUT2D eigenvalue weighted by Crippen LogP contribution is 2.18.